The lowest BCUT2D eigenvalue weighted by molar-refractivity contribution is -0.135. The van der Waals surface area contributed by atoms with Crippen LogP contribution in [0, 0.1) is 16.7 Å². The molecule has 262 valence electrons. The molecule has 1 spiro atoms. The molecular weight excluding hydrogens is 577 g/mol. The standard InChI is InChI=1S/C37H66FN7O/c1-6-10-12-15-28-22-31(45-26(5)41-24-29(45)16-13-11-7-2)30(25-42-28)44-35(46)32(34(39)40)33-37(19-14-20-37)36(9-4,18-8-3)21-17-27(38)23-43-33/h22-23,26-27,29,32-34,41-42H,6-21,24-25,39-40H2,1-5H3,(H,44,46)/b43-23-. The lowest BCUT2D eigenvalue weighted by atomic mass is 9.44. The van der Waals surface area contributed by atoms with Crippen molar-refractivity contribution < 1.29 is 9.18 Å². The van der Waals surface area contributed by atoms with Crippen molar-refractivity contribution in [3.63, 3.8) is 0 Å². The highest BCUT2D eigenvalue weighted by Gasteiger charge is 2.60. The summed E-state index contributed by atoms with van der Waals surface area (Å²) in [6.07, 6.45) is 18.3. The number of rotatable bonds is 16. The molecule has 1 amide bonds. The first-order valence-corrected chi connectivity index (χ1v) is 18.9. The van der Waals surface area contributed by atoms with Gasteiger partial charge in [0.25, 0.3) is 0 Å². The quantitative estimate of drug-likeness (QED) is 0.0984. The maximum atomic E-state index is 15.1. The molecule has 0 aromatic heterocycles. The molecule has 8 nitrogen and oxygen atoms in total. The van der Waals surface area contributed by atoms with E-state index in [0.29, 0.717) is 19.0 Å². The number of nitrogens with two attached hydrogens (primary N) is 2. The minimum atomic E-state index is -1.12. The van der Waals surface area contributed by atoms with Gasteiger partial charge in [-0.25, -0.2) is 4.39 Å². The Morgan fingerprint density at radius 3 is 2.48 bits per heavy atom. The predicted molar refractivity (Wildman–Crippen MR) is 189 cm³/mol. The Morgan fingerprint density at radius 1 is 1.11 bits per heavy atom. The van der Waals surface area contributed by atoms with E-state index in [1.54, 1.807) is 0 Å². The van der Waals surface area contributed by atoms with E-state index in [1.807, 2.05) is 0 Å². The fraction of sp³-hybridized carbons (Fsp3) is 0.838. The van der Waals surface area contributed by atoms with Gasteiger partial charge in [-0.2, -0.15) is 0 Å². The fourth-order valence-corrected chi connectivity index (χ4v) is 9.28. The molecule has 6 atom stereocenters. The first-order chi connectivity index (χ1) is 22.2. The number of nitrogens with zero attached hydrogens (tertiary/aromatic N) is 2. The van der Waals surface area contributed by atoms with Gasteiger partial charge in [-0.1, -0.05) is 72.6 Å². The van der Waals surface area contributed by atoms with Gasteiger partial charge in [-0.05, 0) is 81.6 Å². The Labute approximate surface area is 279 Å². The van der Waals surface area contributed by atoms with E-state index in [-0.39, 0.29) is 22.9 Å². The number of aliphatic imine (C=N–C) groups is 1. The number of dihydropyridines is 1. The second kappa shape index (κ2) is 16.9. The molecule has 3 aliphatic heterocycles. The van der Waals surface area contributed by atoms with Crippen molar-refractivity contribution >= 4 is 12.1 Å². The van der Waals surface area contributed by atoms with Crippen molar-refractivity contribution in [2.24, 2.45) is 33.2 Å². The maximum Gasteiger partial charge on any atom is 0.232 e. The number of carbonyl (C=O) groups is 1. The highest BCUT2D eigenvalue weighted by molar-refractivity contribution is 5.83. The topological polar surface area (TPSA) is 121 Å². The molecule has 3 heterocycles. The summed E-state index contributed by atoms with van der Waals surface area (Å²) in [5.74, 6) is -0.955. The van der Waals surface area contributed by atoms with Gasteiger partial charge in [0, 0.05) is 24.5 Å². The summed E-state index contributed by atoms with van der Waals surface area (Å²) in [6.45, 7) is 12.6. The van der Waals surface area contributed by atoms with Crippen LogP contribution in [0.25, 0.3) is 0 Å². The zero-order chi connectivity index (χ0) is 33.3. The Bertz CT molecular complexity index is 1090. The number of halogens is 1. The lowest BCUT2D eigenvalue weighted by Crippen LogP contribution is -2.63. The minimum Gasteiger partial charge on any atom is -0.383 e. The largest absolute Gasteiger partial charge is 0.383 e. The van der Waals surface area contributed by atoms with E-state index in [2.05, 4.69) is 61.5 Å². The van der Waals surface area contributed by atoms with Crippen molar-refractivity contribution in [3.8, 4) is 0 Å². The third kappa shape index (κ3) is 7.84. The van der Waals surface area contributed by atoms with Gasteiger partial charge in [0.15, 0.2) is 0 Å². The predicted octanol–water partition coefficient (Wildman–Crippen LogP) is 6.38. The molecular formula is C37H66FN7O. The van der Waals surface area contributed by atoms with Crippen LogP contribution in [-0.2, 0) is 4.79 Å². The smallest absolute Gasteiger partial charge is 0.232 e. The molecule has 4 aliphatic rings. The van der Waals surface area contributed by atoms with Crippen LogP contribution in [-0.4, -0.2) is 60.7 Å². The Balaban J connectivity index is 1.72. The number of alkyl halides is 1. The van der Waals surface area contributed by atoms with Gasteiger partial charge < -0.3 is 27.0 Å². The Morgan fingerprint density at radius 2 is 1.85 bits per heavy atom. The number of hydrogen-bond donors (Lipinski definition) is 5. The molecule has 1 saturated carbocycles. The summed E-state index contributed by atoms with van der Waals surface area (Å²) in [5, 5.41) is 10.7. The first-order valence-electron chi connectivity index (χ1n) is 18.9. The zero-order valence-corrected chi connectivity index (χ0v) is 29.7. The number of hydrogen-bond acceptors (Lipinski definition) is 7. The molecule has 1 aliphatic carbocycles. The maximum absolute atomic E-state index is 15.1. The van der Waals surface area contributed by atoms with Crippen molar-refractivity contribution in [2.45, 2.75) is 168 Å². The van der Waals surface area contributed by atoms with Crippen LogP contribution in [0.4, 0.5) is 4.39 Å². The molecule has 0 radical (unpaired) electrons. The van der Waals surface area contributed by atoms with E-state index in [0.717, 1.165) is 82.1 Å². The third-order valence-electron chi connectivity index (χ3n) is 12.0. The van der Waals surface area contributed by atoms with Crippen molar-refractivity contribution in [1.82, 2.24) is 20.9 Å². The molecule has 0 aromatic carbocycles. The van der Waals surface area contributed by atoms with E-state index < -0.39 is 24.3 Å². The number of nitrogens with one attached hydrogen (secondary N) is 3. The highest BCUT2D eigenvalue weighted by atomic mass is 19.1. The average Bonchev–Trinajstić information content (AvgIpc) is 3.37. The SMILES string of the molecule is CCCCCC1=CC(N2C(CCCCC)CNC2C)=C(NC(=O)C(C(N)N)C2/N=C\C(F)CCC(CC)(CCC)C23CCC3)CN1. The molecule has 6 unspecified atom stereocenters. The summed E-state index contributed by atoms with van der Waals surface area (Å²) in [7, 11) is 0. The summed E-state index contributed by atoms with van der Waals surface area (Å²) in [6, 6.07) is -0.0994. The fourth-order valence-electron chi connectivity index (χ4n) is 9.28. The molecule has 1 saturated heterocycles. The second-order valence-electron chi connectivity index (χ2n) is 14.8. The van der Waals surface area contributed by atoms with Crippen LogP contribution >= 0.6 is 0 Å². The number of carbonyl (C=O) groups excluding carboxylic acids is 1. The zero-order valence-electron chi connectivity index (χ0n) is 29.7. The normalized spacial score (nSPS) is 30.8. The van der Waals surface area contributed by atoms with Gasteiger partial charge in [0.05, 0.1) is 42.2 Å². The first kappa shape index (κ1) is 36.9. The van der Waals surface area contributed by atoms with Crippen molar-refractivity contribution in [1.29, 1.82) is 0 Å². The molecule has 2 fully saturated rings. The van der Waals surface area contributed by atoms with Crippen LogP contribution in [0.3, 0.4) is 0 Å². The summed E-state index contributed by atoms with van der Waals surface area (Å²) in [5.41, 5.74) is 16.0. The highest BCUT2D eigenvalue weighted by Crippen LogP contribution is 2.64. The molecule has 46 heavy (non-hydrogen) atoms. The minimum absolute atomic E-state index is 0.0878. The molecule has 0 aromatic rings. The molecule has 0 bridgehead atoms. The van der Waals surface area contributed by atoms with E-state index in [4.69, 9.17) is 16.5 Å². The Kier molecular flexibility index (Phi) is 13.6. The van der Waals surface area contributed by atoms with Crippen LogP contribution in [0.1, 0.15) is 137 Å². The van der Waals surface area contributed by atoms with Crippen molar-refractivity contribution in [2.75, 3.05) is 13.1 Å². The van der Waals surface area contributed by atoms with Crippen LogP contribution in [0.5, 0.6) is 0 Å². The van der Waals surface area contributed by atoms with Gasteiger partial charge in [-0.15, -0.1) is 0 Å². The lowest BCUT2D eigenvalue weighted by Gasteiger charge is -2.61. The van der Waals surface area contributed by atoms with Crippen LogP contribution < -0.4 is 27.4 Å². The summed E-state index contributed by atoms with van der Waals surface area (Å²) in [4.78, 5) is 22.0. The van der Waals surface area contributed by atoms with Gasteiger partial charge in [-0.3, -0.25) is 15.1 Å². The van der Waals surface area contributed by atoms with E-state index in [1.165, 1.54) is 44.0 Å². The summed E-state index contributed by atoms with van der Waals surface area (Å²) < 4.78 is 15.1. The number of allylic oxidation sites excluding steroid dienone is 2. The number of amides is 1. The second-order valence-corrected chi connectivity index (χ2v) is 14.8. The van der Waals surface area contributed by atoms with Gasteiger partial charge in [0.1, 0.15) is 6.17 Å². The number of unbranched alkanes of at least 4 members (excludes halogenated alkanes) is 4. The van der Waals surface area contributed by atoms with Gasteiger partial charge >= 0.3 is 0 Å². The third-order valence-corrected chi connectivity index (χ3v) is 12.0. The van der Waals surface area contributed by atoms with Crippen molar-refractivity contribution in [3.05, 3.63) is 23.2 Å². The van der Waals surface area contributed by atoms with E-state index in [9.17, 15) is 4.79 Å². The monoisotopic (exact) mass is 644 g/mol. The molecule has 7 N–H and O–H groups in total. The van der Waals surface area contributed by atoms with Crippen LogP contribution in [0.2, 0.25) is 0 Å². The average molecular weight is 644 g/mol. The Hall–Kier alpha value is -1.97. The molecule has 9 heteroatoms. The van der Waals surface area contributed by atoms with Crippen LogP contribution in [0.15, 0.2) is 28.2 Å². The molecule has 4 rings (SSSR count). The van der Waals surface area contributed by atoms with E-state index >= 15 is 4.39 Å². The van der Waals surface area contributed by atoms with Gasteiger partial charge in [0.2, 0.25) is 5.91 Å². The summed E-state index contributed by atoms with van der Waals surface area (Å²) >= 11 is 0.